The van der Waals surface area contributed by atoms with E-state index in [0.29, 0.717) is 13.1 Å². The maximum atomic E-state index is 11.0. The lowest BCUT2D eigenvalue weighted by atomic mass is 10.2. The number of benzene rings is 1. The minimum atomic E-state index is -5.08. The molecule has 0 saturated carbocycles. The number of halogens is 3. The van der Waals surface area contributed by atoms with Gasteiger partial charge in [-0.05, 0) is 12.5 Å². The average molecular weight is 292 g/mol. The summed E-state index contributed by atoms with van der Waals surface area (Å²) in [6, 6.07) is 9.70. The monoisotopic (exact) mass is 292 g/mol. The Bertz CT molecular complexity index is 422. The Balaban J connectivity index is 0.000000441. The van der Waals surface area contributed by atoms with Crippen LogP contribution in [0.3, 0.4) is 0 Å². The van der Waals surface area contributed by atoms with Crippen molar-refractivity contribution >= 4 is 12.0 Å². The van der Waals surface area contributed by atoms with Gasteiger partial charge in [0, 0.05) is 13.1 Å². The smallest absolute Gasteiger partial charge is 0.475 e. The molecule has 0 aromatic heterocycles. The molecule has 0 spiro atoms. The molecule has 0 aliphatic rings. The largest absolute Gasteiger partial charge is 0.490 e. The van der Waals surface area contributed by atoms with Gasteiger partial charge in [-0.3, -0.25) is 0 Å². The zero-order valence-corrected chi connectivity index (χ0v) is 10.7. The van der Waals surface area contributed by atoms with Gasteiger partial charge in [-0.2, -0.15) is 13.2 Å². The van der Waals surface area contributed by atoms with E-state index >= 15 is 0 Å². The number of alkyl halides is 3. The summed E-state index contributed by atoms with van der Waals surface area (Å²) in [5, 5.41) is 12.5. The molecule has 20 heavy (non-hydrogen) atoms. The van der Waals surface area contributed by atoms with Crippen LogP contribution in [0.4, 0.5) is 18.0 Å². The highest BCUT2D eigenvalue weighted by atomic mass is 19.4. The number of hydrogen-bond donors (Lipinski definition) is 3. The van der Waals surface area contributed by atoms with Crippen LogP contribution < -0.4 is 10.6 Å². The summed E-state index contributed by atoms with van der Waals surface area (Å²) in [6.07, 6.45) is -5.08. The quantitative estimate of drug-likeness (QED) is 0.798. The third-order valence-corrected chi connectivity index (χ3v) is 1.88. The molecule has 3 N–H and O–H groups in total. The molecule has 2 amide bonds. The first-order chi connectivity index (χ1) is 9.27. The van der Waals surface area contributed by atoms with Crippen LogP contribution in [0.1, 0.15) is 12.5 Å². The number of amides is 2. The lowest BCUT2D eigenvalue weighted by Crippen LogP contribution is -2.34. The first kappa shape index (κ1) is 17.8. The lowest BCUT2D eigenvalue weighted by Gasteiger charge is -2.04. The SMILES string of the molecule is CCNC(=O)NCc1ccccc1.O=C(O)C(F)(F)F. The van der Waals surface area contributed by atoms with Gasteiger partial charge in [-0.25, -0.2) is 9.59 Å². The summed E-state index contributed by atoms with van der Waals surface area (Å²) >= 11 is 0. The lowest BCUT2D eigenvalue weighted by molar-refractivity contribution is -0.192. The van der Waals surface area contributed by atoms with Crippen molar-refractivity contribution in [2.45, 2.75) is 19.6 Å². The van der Waals surface area contributed by atoms with Crippen LogP contribution in [0.25, 0.3) is 0 Å². The third-order valence-electron chi connectivity index (χ3n) is 1.88. The van der Waals surface area contributed by atoms with Gasteiger partial charge in [-0.15, -0.1) is 0 Å². The second-order valence-electron chi connectivity index (χ2n) is 3.50. The second-order valence-corrected chi connectivity index (χ2v) is 3.50. The molecule has 0 fully saturated rings. The molecule has 0 atom stereocenters. The molecule has 0 bridgehead atoms. The van der Waals surface area contributed by atoms with Crippen molar-refractivity contribution in [2.75, 3.05) is 6.54 Å². The van der Waals surface area contributed by atoms with Crippen LogP contribution in [0.2, 0.25) is 0 Å². The minimum Gasteiger partial charge on any atom is -0.475 e. The summed E-state index contributed by atoms with van der Waals surface area (Å²) in [5.74, 6) is -2.76. The molecule has 5 nitrogen and oxygen atoms in total. The van der Waals surface area contributed by atoms with Crippen molar-refractivity contribution < 1.29 is 27.9 Å². The normalized spacial score (nSPS) is 10.0. The Kier molecular flexibility index (Phi) is 7.80. The maximum absolute atomic E-state index is 11.0. The van der Waals surface area contributed by atoms with Gasteiger partial charge in [0.2, 0.25) is 0 Å². The standard InChI is InChI=1S/C10H14N2O.C2HF3O2/c1-2-11-10(13)12-8-9-6-4-3-5-7-9;3-2(4,5)1(6)7/h3-7H,2,8H2,1H3,(H2,11,12,13);(H,6,7). The Labute approximate surface area is 113 Å². The van der Waals surface area contributed by atoms with Crippen molar-refractivity contribution in [1.82, 2.24) is 10.6 Å². The molecule has 0 unspecified atom stereocenters. The highest BCUT2D eigenvalue weighted by Crippen LogP contribution is 2.13. The Hall–Kier alpha value is -2.25. The molecule has 1 aromatic carbocycles. The molecule has 1 rings (SSSR count). The Morgan fingerprint density at radius 1 is 1.15 bits per heavy atom. The molecule has 8 heteroatoms. The number of urea groups is 1. The molecular weight excluding hydrogens is 277 g/mol. The van der Waals surface area contributed by atoms with Crippen molar-refractivity contribution in [3.63, 3.8) is 0 Å². The highest BCUT2D eigenvalue weighted by Gasteiger charge is 2.38. The number of carbonyl (C=O) groups excluding carboxylic acids is 1. The van der Waals surface area contributed by atoms with Gasteiger partial charge in [0.15, 0.2) is 0 Å². The van der Waals surface area contributed by atoms with Gasteiger partial charge in [0.1, 0.15) is 0 Å². The Morgan fingerprint density at radius 3 is 2.05 bits per heavy atom. The molecule has 0 heterocycles. The zero-order valence-electron chi connectivity index (χ0n) is 10.7. The number of rotatable bonds is 3. The summed E-state index contributed by atoms with van der Waals surface area (Å²) in [5.41, 5.74) is 1.11. The number of nitrogens with one attached hydrogen (secondary N) is 2. The van der Waals surface area contributed by atoms with E-state index in [0.717, 1.165) is 5.56 Å². The van der Waals surface area contributed by atoms with E-state index in [9.17, 15) is 18.0 Å². The van der Waals surface area contributed by atoms with E-state index < -0.39 is 12.1 Å². The maximum Gasteiger partial charge on any atom is 0.490 e. The average Bonchev–Trinajstić information content (AvgIpc) is 2.37. The fourth-order valence-electron chi connectivity index (χ4n) is 1.00. The van der Waals surface area contributed by atoms with Crippen LogP contribution in [-0.2, 0) is 11.3 Å². The molecule has 0 aliphatic heterocycles. The van der Waals surface area contributed by atoms with Crippen molar-refractivity contribution in [1.29, 1.82) is 0 Å². The molecule has 112 valence electrons. The summed E-state index contributed by atoms with van der Waals surface area (Å²) < 4.78 is 31.7. The minimum absolute atomic E-state index is 0.119. The predicted molar refractivity (Wildman–Crippen MR) is 66.0 cm³/mol. The van der Waals surface area contributed by atoms with Crippen LogP contribution in [-0.4, -0.2) is 29.8 Å². The van der Waals surface area contributed by atoms with Crippen LogP contribution >= 0.6 is 0 Å². The van der Waals surface area contributed by atoms with E-state index in [1.807, 2.05) is 37.3 Å². The molecular formula is C12H15F3N2O3. The number of hydrogen-bond acceptors (Lipinski definition) is 2. The van der Waals surface area contributed by atoms with Crippen LogP contribution in [0, 0.1) is 0 Å². The summed E-state index contributed by atoms with van der Waals surface area (Å²) in [6.45, 7) is 3.12. The van der Waals surface area contributed by atoms with Gasteiger partial charge >= 0.3 is 18.2 Å². The topological polar surface area (TPSA) is 78.4 Å². The van der Waals surface area contributed by atoms with E-state index in [1.165, 1.54) is 0 Å². The van der Waals surface area contributed by atoms with E-state index in [4.69, 9.17) is 9.90 Å². The van der Waals surface area contributed by atoms with Crippen LogP contribution in [0.5, 0.6) is 0 Å². The predicted octanol–water partition coefficient (Wildman–Crippen LogP) is 2.14. The van der Waals surface area contributed by atoms with Crippen molar-refractivity contribution in [3.05, 3.63) is 35.9 Å². The number of carboxylic acids is 1. The van der Waals surface area contributed by atoms with Crippen molar-refractivity contribution in [2.24, 2.45) is 0 Å². The number of aliphatic carboxylic acids is 1. The van der Waals surface area contributed by atoms with E-state index in [1.54, 1.807) is 0 Å². The molecule has 0 aliphatic carbocycles. The first-order valence-corrected chi connectivity index (χ1v) is 5.63. The zero-order chi connectivity index (χ0) is 15.6. The van der Waals surface area contributed by atoms with Gasteiger partial charge in [-0.1, -0.05) is 30.3 Å². The Morgan fingerprint density at radius 2 is 1.65 bits per heavy atom. The summed E-state index contributed by atoms with van der Waals surface area (Å²) in [7, 11) is 0. The first-order valence-electron chi connectivity index (χ1n) is 5.63. The molecule has 0 radical (unpaired) electrons. The van der Waals surface area contributed by atoms with Gasteiger partial charge in [0.05, 0.1) is 0 Å². The number of carbonyl (C=O) groups is 2. The fraction of sp³-hybridized carbons (Fsp3) is 0.333. The van der Waals surface area contributed by atoms with Gasteiger partial charge in [0.25, 0.3) is 0 Å². The third kappa shape index (κ3) is 8.78. The summed E-state index contributed by atoms with van der Waals surface area (Å²) in [4.78, 5) is 19.9. The highest BCUT2D eigenvalue weighted by molar-refractivity contribution is 5.73. The van der Waals surface area contributed by atoms with E-state index in [-0.39, 0.29) is 6.03 Å². The molecule has 0 saturated heterocycles. The number of carboxylic acid groups (broad SMARTS) is 1. The second kappa shape index (κ2) is 8.78. The van der Waals surface area contributed by atoms with Crippen molar-refractivity contribution in [3.8, 4) is 0 Å². The van der Waals surface area contributed by atoms with Gasteiger partial charge < -0.3 is 15.7 Å². The van der Waals surface area contributed by atoms with Crippen LogP contribution in [0.15, 0.2) is 30.3 Å². The fourth-order valence-corrected chi connectivity index (χ4v) is 1.00. The molecule has 1 aromatic rings. The van der Waals surface area contributed by atoms with E-state index in [2.05, 4.69) is 10.6 Å².